The molecule has 0 radical (unpaired) electrons. The van der Waals surface area contributed by atoms with Gasteiger partial charge in [0.2, 0.25) is 0 Å². The summed E-state index contributed by atoms with van der Waals surface area (Å²) in [6.45, 7) is 0.656. The van der Waals surface area contributed by atoms with Gasteiger partial charge < -0.3 is 4.57 Å². The van der Waals surface area contributed by atoms with Crippen molar-refractivity contribution >= 4 is 0 Å². The van der Waals surface area contributed by atoms with Gasteiger partial charge in [0.1, 0.15) is 6.33 Å². The zero-order chi connectivity index (χ0) is 8.39. The number of tetrazole rings is 1. The number of hydrogen-bond donors (Lipinski definition) is 0. The molecule has 0 saturated carbocycles. The zero-order valence-corrected chi connectivity index (χ0v) is 6.62. The molecule has 62 valence electrons. The van der Waals surface area contributed by atoms with Crippen LogP contribution in [0.5, 0.6) is 0 Å². The summed E-state index contributed by atoms with van der Waals surface area (Å²) in [5, 5.41) is 10.8. The van der Waals surface area contributed by atoms with E-state index < -0.39 is 0 Å². The van der Waals surface area contributed by atoms with E-state index in [-0.39, 0.29) is 0 Å². The van der Waals surface area contributed by atoms with Gasteiger partial charge in [0, 0.05) is 7.05 Å². The Morgan fingerprint density at radius 2 is 2.33 bits per heavy atom. The molecule has 12 heavy (non-hydrogen) atoms. The van der Waals surface area contributed by atoms with Gasteiger partial charge in [-0.2, -0.15) is 0 Å². The molecule has 0 spiro atoms. The van der Waals surface area contributed by atoms with Gasteiger partial charge in [-0.15, -0.1) is 5.10 Å². The molecule has 0 amide bonds. The fourth-order valence-electron chi connectivity index (χ4n) is 0.956. The molecule has 0 fully saturated rings. The highest BCUT2D eigenvalue weighted by Crippen LogP contribution is 1.97. The Morgan fingerprint density at radius 3 is 2.92 bits per heavy atom. The second-order valence-electron chi connectivity index (χ2n) is 2.50. The lowest BCUT2D eigenvalue weighted by Crippen LogP contribution is -2.04. The lowest BCUT2D eigenvalue weighted by molar-refractivity contribution is 0.620. The summed E-state index contributed by atoms with van der Waals surface area (Å²) in [6, 6.07) is 0. The summed E-state index contributed by atoms with van der Waals surface area (Å²) in [5.41, 5.74) is 1.07. The SMILES string of the molecule is Cn1cncc1Cn1cnnn1. The van der Waals surface area contributed by atoms with Gasteiger partial charge in [-0.25, -0.2) is 9.67 Å². The smallest absolute Gasteiger partial charge is 0.138 e. The fraction of sp³-hybridized carbons (Fsp3) is 0.333. The Morgan fingerprint density at radius 1 is 1.42 bits per heavy atom. The van der Waals surface area contributed by atoms with Gasteiger partial charge in [0.05, 0.1) is 24.8 Å². The molecule has 0 aliphatic rings. The third-order valence-corrected chi connectivity index (χ3v) is 1.63. The van der Waals surface area contributed by atoms with Crippen LogP contribution in [-0.4, -0.2) is 29.8 Å². The largest absolute Gasteiger partial charge is 0.336 e. The highest BCUT2D eigenvalue weighted by Gasteiger charge is 1.99. The average Bonchev–Trinajstić information content (AvgIpc) is 2.65. The quantitative estimate of drug-likeness (QED) is 0.597. The monoisotopic (exact) mass is 164 g/mol. The van der Waals surface area contributed by atoms with E-state index in [1.807, 2.05) is 11.6 Å². The van der Waals surface area contributed by atoms with Crippen molar-refractivity contribution in [3.05, 3.63) is 24.5 Å². The number of rotatable bonds is 2. The average molecular weight is 164 g/mol. The Balaban J connectivity index is 2.20. The van der Waals surface area contributed by atoms with Crippen molar-refractivity contribution in [1.29, 1.82) is 0 Å². The maximum Gasteiger partial charge on any atom is 0.138 e. The molecule has 0 aliphatic carbocycles. The van der Waals surface area contributed by atoms with Gasteiger partial charge in [0.15, 0.2) is 0 Å². The summed E-state index contributed by atoms with van der Waals surface area (Å²) in [6.07, 6.45) is 5.12. The summed E-state index contributed by atoms with van der Waals surface area (Å²) in [5.74, 6) is 0. The van der Waals surface area contributed by atoms with Crippen molar-refractivity contribution in [2.75, 3.05) is 0 Å². The predicted molar refractivity (Wildman–Crippen MR) is 40.1 cm³/mol. The number of hydrogen-bond acceptors (Lipinski definition) is 4. The fourth-order valence-corrected chi connectivity index (χ4v) is 0.956. The van der Waals surface area contributed by atoms with E-state index in [0.29, 0.717) is 6.54 Å². The lowest BCUT2D eigenvalue weighted by Gasteiger charge is -1.99. The van der Waals surface area contributed by atoms with E-state index in [4.69, 9.17) is 0 Å². The minimum atomic E-state index is 0.656. The van der Waals surface area contributed by atoms with Crippen molar-refractivity contribution in [1.82, 2.24) is 29.8 Å². The molecule has 2 aromatic heterocycles. The van der Waals surface area contributed by atoms with Crippen molar-refractivity contribution in [2.45, 2.75) is 6.54 Å². The summed E-state index contributed by atoms with van der Waals surface area (Å²) < 4.78 is 3.58. The lowest BCUT2D eigenvalue weighted by atomic mass is 10.5. The van der Waals surface area contributed by atoms with Gasteiger partial charge >= 0.3 is 0 Å². The van der Waals surface area contributed by atoms with E-state index in [9.17, 15) is 0 Å². The first kappa shape index (κ1) is 6.96. The summed E-state index contributed by atoms with van der Waals surface area (Å²) in [4.78, 5) is 3.98. The predicted octanol–water partition coefficient (Wildman–Crippen LogP) is -0.545. The summed E-state index contributed by atoms with van der Waals surface area (Å²) >= 11 is 0. The minimum absolute atomic E-state index is 0.656. The van der Waals surface area contributed by atoms with E-state index in [2.05, 4.69) is 20.5 Å². The number of nitrogens with zero attached hydrogens (tertiary/aromatic N) is 6. The Labute approximate surface area is 68.8 Å². The van der Waals surface area contributed by atoms with Crippen LogP contribution in [0.2, 0.25) is 0 Å². The van der Waals surface area contributed by atoms with Crippen molar-refractivity contribution in [3.63, 3.8) is 0 Å². The molecular weight excluding hydrogens is 156 g/mol. The highest BCUT2D eigenvalue weighted by molar-refractivity contribution is 4.97. The molecule has 0 saturated heterocycles. The molecule has 0 atom stereocenters. The molecule has 6 nitrogen and oxygen atoms in total. The van der Waals surface area contributed by atoms with Gasteiger partial charge in [-0.3, -0.25) is 0 Å². The van der Waals surface area contributed by atoms with Gasteiger partial charge in [-0.05, 0) is 10.4 Å². The molecule has 0 unspecified atom stereocenters. The second-order valence-corrected chi connectivity index (χ2v) is 2.50. The Bertz CT molecular complexity index is 348. The molecule has 2 aromatic rings. The standard InChI is InChI=1S/C6H8N6/c1-11-4-7-2-6(11)3-12-5-8-9-10-12/h2,4-5H,3H2,1H3. The molecule has 2 rings (SSSR count). The van der Waals surface area contributed by atoms with Crippen molar-refractivity contribution < 1.29 is 0 Å². The number of imidazole rings is 1. The first-order valence-electron chi connectivity index (χ1n) is 3.52. The van der Waals surface area contributed by atoms with Crippen LogP contribution < -0.4 is 0 Å². The van der Waals surface area contributed by atoms with E-state index >= 15 is 0 Å². The van der Waals surface area contributed by atoms with Crippen molar-refractivity contribution in [2.24, 2.45) is 7.05 Å². The number of aryl methyl sites for hydroxylation is 1. The number of aromatic nitrogens is 6. The molecular formula is C6H8N6. The van der Waals surface area contributed by atoms with Crippen LogP contribution in [0.3, 0.4) is 0 Å². The van der Waals surface area contributed by atoms with Crippen LogP contribution in [-0.2, 0) is 13.6 Å². The first-order valence-corrected chi connectivity index (χ1v) is 3.52. The molecule has 0 aliphatic heterocycles. The second kappa shape index (κ2) is 2.72. The van der Waals surface area contributed by atoms with Crippen LogP contribution in [0.1, 0.15) is 5.69 Å². The van der Waals surface area contributed by atoms with E-state index in [0.717, 1.165) is 5.69 Å². The van der Waals surface area contributed by atoms with Crippen molar-refractivity contribution in [3.8, 4) is 0 Å². The zero-order valence-electron chi connectivity index (χ0n) is 6.62. The molecule has 0 N–H and O–H groups in total. The Hall–Kier alpha value is -1.72. The normalized spacial score (nSPS) is 10.4. The molecule has 6 heteroatoms. The third kappa shape index (κ3) is 1.18. The van der Waals surface area contributed by atoms with Gasteiger partial charge in [-0.1, -0.05) is 0 Å². The van der Waals surface area contributed by atoms with Crippen LogP contribution in [0, 0.1) is 0 Å². The molecule has 2 heterocycles. The van der Waals surface area contributed by atoms with Crippen LogP contribution in [0.4, 0.5) is 0 Å². The first-order chi connectivity index (χ1) is 5.86. The molecule has 0 aromatic carbocycles. The van der Waals surface area contributed by atoms with Crippen LogP contribution in [0.25, 0.3) is 0 Å². The van der Waals surface area contributed by atoms with E-state index in [1.165, 1.54) is 0 Å². The van der Waals surface area contributed by atoms with Crippen LogP contribution >= 0.6 is 0 Å². The van der Waals surface area contributed by atoms with Gasteiger partial charge in [0.25, 0.3) is 0 Å². The Kier molecular flexibility index (Phi) is 1.58. The maximum atomic E-state index is 3.98. The third-order valence-electron chi connectivity index (χ3n) is 1.63. The van der Waals surface area contributed by atoms with Crippen LogP contribution in [0.15, 0.2) is 18.9 Å². The summed E-state index contributed by atoms with van der Waals surface area (Å²) in [7, 11) is 1.94. The topological polar surface area (TPSA) is 61.4 Å². The highest BCUT2D eigenvalue weighted by atomic mass is 15.5. The minimum Gasteiger partial charge on any atom is -0.336 e. The van der Waals surface area contributed by atoms with E-state index in [1.54, 1.807) is 23.5 Å². The maximum absolute atomic E-state index is 3.98. The molecule has 0 bridgehead atoms.